The maximum atomic E-state index is 12.8. The van der Waals surface area contributed by atoms with Gasteiger partial charge in [0.2, 0.25) is 10.0 Å². The number of amides is 1. The molecule has 0 spiro atoms. The van der Waals surface area contributed by atoms with Crippen molar-refractivity contribution in [3.05, 3.63) is 82.7 Å². The Hall–Kier alpha value is -2.97. The van der Waals surface area contributed by atoms with Gasteiger partial charge in [0.15, 0.2) is 0 Å². The normalized spacial score (nSPS) is 12.5. The van der Waals surface area contributed by atoms with E-state index in [9.17, 15) is 13.2 Å². The molecule has 7 nitrogen and oxygen atoms in total. The second-order valence-corrected chi connectivity index (χ2v) is 9.98. The van der Waals surface area contributed by atoms with Crippen molar-refractivity contribution in [3.63, 3.8) is 0 Å². The molecule has 1 amide bonds. The van der Waals surface area contributed by atoms with Gasteiger partial charge in [0, 0.05) is 30.9 Å². The summed E-state index contributed by atoms with van der Waals surface area (Å²) in [5.74, 6) is -0.125. The maximum Gasteiger partial charge on any atom is 0.251 e. The molecular formula is C24H30N4O3S. The highest BCUT2D eigenvalue weighted by atomic mass is 32.2. The largest absolute Gasteiger partial charge is 0.352 e. The van der Waals surface area contributed by atoms with Crippen molar-refractivity contribution in [3.8, 4) is 0 Å². The van der Waals surface area contributed by atoms with Crippen LogP contribution in [0.25, 0.3) is 0 Å². The van der Waals surface area contributed by atoms with Gasteiger partial charge in [-0.15, -0.1) is 0 Å². The zero-order chi connectivity index (χ0) is 23.3. The number of aromatic nitrogens is 2. The third kappa shape index (κ3) is 6.05. The number of aryl methyl sites for hydroxylation is 3. The van der Waals surface area contributed by atoms with Gasteiger partial charge in [-0.05, 0) is 56.0 Å². The SMILES string of the molecule is Cc1cc(C)n(CC(C)CNC(=O)c2cc(S(=O)(=O)NCc3ccccc3)ccc2C)n1. The summed E-state index contributed by atoms with van der Waals surface area (Å²) < 4.78 is 30.0. The summed E-state index contributed by atoms with van der Waals surface area (Å²) >= 11 is 0. The number of carbonyl (C=O) groups is 1. The fourth-order valence-corrected chi connectivity index (χ4v) is 4.50. The van der Waals surface area contributed by atoms with Gasteiger partial charge in [-0.3, -0.25) is 9.48 Å². The molecule has 2 N–H and O–H groups in total. The molecule has 2 aromatic carbocycles. The summed E-state index contributed by atoms with van der Waals surface area (Å²) in [5.41, 5.74) is 3.98. The molecule has 170 valence electrons. The first-order valence-corrected chi connectivity index (χ1v) is 12.1. The topological polar surface area (TPSA) is 93.1 Å². The van der Waals surface area contributed by atoms with E-state index in [4.69, 9.17) is 0 Å². The van der Waals surface area contributed by atoms with Crippen LogP contribution in [0.15, 0.2) is 59.5 Å². The molecule has 1 unspecified atom stereocenters. The van der Waals surface area contributed by atoms with E-state index in [0.717, 1.165) is 22.5 Å². The zero-order valence-electron chi connectivity index (χ0n) is 18.9. The predicted octanol–water partition coefficient (Wildman–Crippen LogP) is 3.35. The Morgan fingerprint density at radius 3 is 2.44 bits per heavy atom. The van der Waals surface area contributed by atoms with Crippen LogP contribution in [0, 0.1) is 26.7 Å². The number of sulfonamides is 1. The van der Waals surface area contributed by atoms with E-state index in [1.165, 1.54) is 12.1 Å². The van der Waals surface area contributed by atoms with E-state index in [1.807, 2.05) is 61.9 Å². The number of nitrogens with zero attached hydrogens (tertiary/aromatic N) is 2. The number of carbonyl (C=O) groups excluding carboxylic acids is 1. The molecule has 1 aromatic heterocycles. The van der Waals surface area contributed by atoms with Crippen molar-refractivity contribution in [1.29, 1.82) is 0 Å². The molecule has 0 aliphatic carbocycles. The van der Waals surface area contributed by atoms with Crippen LogP contribution in [-0.4, -0.2) is 30.7 Å². The highest BCUT2D eigenvalue weighted by Crippen LogP contribution is 2.16. The van der Waals surface area contributed by atoms with Crippen molar-refractivity contribution < 1.29 is 13.2 Å². The van der Waals surface area contributed by atoms with Gasteiger partial charge >= 0.3 is 0 Å². The molecule has 0 fully saturated rings. The molecule has 3 aromatic rings. The van der Waals surface area contributed by atoms with E-state index < -0.39 is 10.0 Å². The summed E-state index contributed by atoms with van der Waals surface area (Å²) in [6.07, 6.45) is 0. The van der Waals surface area contributed by atoms with Crippen molar-refractivity contribution in [2.24, 2.45) is 5.92 Å². The lowest BCUT2D eigenvalue weighted by atomic mass is 10.1. The van der Waals surface area contributed by atoms with E-state index in [0.29, 0.717) is 18.7 Å². The van der Waals surface area contributed by atoms with E-state index in [2.05, 4.69) is 15.1 Å². The summed E-state index contributed by atoms with van der Waals surface area (Å²) in [4.78, 5) is 12.9. The predicted molar refractivity (Wildman–Crippen MR) is 125 cm³/mol. The monoisotopic (exact) mass is 454 g/mol. The zero-order valence-corrected chi connectivity index (χ0v) is 19.7. The minimum absolute atomic E-state index is 0.0693. The molecule has 3 rings (SSSR count). The first kappa shape index (κ1) is 23.7. The quantitative estimate of drug-likeness (QED) is 0.519. The summed E-state index contributed by atoms with van der Waals surface area (Å²) in [6.45, 7) is 9.12. The molecule has 0 saturated heterocycles. The molecule has 32 heavy (non-hydrogen) atoms. The average Bonchev–Trinajstić information content (AvgIpc) is 3.08. The number of rotatable bonds is 9. The van der Waals surface area contributed by atoms with Crippen molar-refractivity contribution >= 4 is 15.9 Å². The fraction of sp³-hybridized carbons (Fsp3) is 0.333. The smallest absolute Gasteiger partial charge is 0.251 e. The summed E-state index contributed by atoms with van der Waals surface area (Å²) in [5, 5.41) is 7.39. The van der Waals surface area contributed by atoms with Gasteiger partial charge in [-0.25, -0.2) is 13.1 Å². The highest BCUT2D eigenvalue weighted by Gasteiger charge is 2.18. The third-order valence-electron chi connectivity index (χ3n) is 5.27. The van der Waals surface area contributed by atoms with Crippen LogP contribution in [0.1, 0.15) is 39.8 Å². The Morgan fingerprint density at radius 1 is 1.06 bits per heavy atom. The Balaban J connectivity index is 1.65. The van der Waals surface area contributed by atoms with E-state index >= 15 is 0 Å². The molecule has 8 heteroatoms. The van der Waals surface area contributed by atoms with Gasteiger partial charge in [0.05, 0.1) is 10.6 Å². The summed E-state index contributed by atoms with van der Waals surface area (Å²) in [7, 11) is -3.75. The Labute approximate surface area is 189 Å². The Morgan fingerprint density at radius 2 is 1.78 bits per heavy atom. The van der Waals surface area contributed by atoms with Crippen molar-refractivity contribution in [2.45, 2.75) is 45.7 Å². The van der Waals surface area contributed by atoms with Crippen LogP contribution in [0.3, 0.4) is 0 Å². The third-order valence-corrected chi connectivity index (χ3v) is 6.67. The molecule has 1 atom stereocenters. The van der Waals surface area contributed by atoms with Gasteiger partial charge in [0.25, 0.3) is 5.91 Å². The second-order valence-electron chi connectivity index (χ2n) is 8.21. The molecule has 0 bridgehead atoms. The van der Waals surface area contributed by atoms with Gasteiger partial charge in [-0.2, -0.15) is 5.10 Å². The second kappa shape index (κ2) is 10.1. The molecule has 0 radical (unpaired) electrons. The van der Waals surface area contributed by atoms with Crippen LogP contribution < -0.4 is 10.0 Å². The van der Waals surface area contributed by atoms with Crippen LogP contribution in [-0.2, 0) is 23.1 Å². The minimum Gasteiger partial charge on any atom is -0.352 e. The number of hydrogen-bond donors (Lipinski definition) is 2. The highest BCUT2D eigenvalue weighted by molar-refractivity contribution is 7.89. The lowest BCUT2D eigenvalue weighted by Crippen LogP contribution is -2.31. The Kier molecular flexibility index (Phi) is 7.48. The average molecular weight is 455 g/mol. The molecule has 0 aliphatic heterocycles. The van der Waals surface area contributed by atoms with Crippen LogP contribution >= 0.6 is 0 Å². The standard InChI is InChI=1S/C24H30N4O3S/c1-17(16-28-20(4)12-19(3)27-28)14-25-24(29)23-13-22(11-10-18(23)2)32(30,31)26-15-21-8-6-5-7-9-21/h5-13,17,26H,14-16H2,1-4H3,(H,25,29). The molecule has 1 heterocycles. The fourth-order valence-electron chi connectivity index (χ4n) is 3.45. The lowest BCUT2D eigenvalue weighted by molar-refractivity contribution is 0.0945. The number of benzene rings is 2. The number of hydrogen-bond acceptors (Lipinski definition) is 4. The lowest BCUT2D eigenvalue weighted by Gasteiger charge is -2.15. The van der Waals surface area contributed by atoms with Crippen molar-refractivity contribution in [1.82, 2.24) is 19.8 Å². The summed E-state index contributed by atoms with van der Waals surface area (Å²) in [6, 6.07) is 15.9. The van der Waals surface area contributed by atoms with E-state index in [-0.39, 0.29) is 23.3 Å². The molecule has 0 saturated carbocycles. The van der Waals surface area contributed by atoms with Crippen molar-refractivity contribution in [2.75, 3.05) is 6.54 Å². The molecular weight excluding hydrogens is 424 g/mol. The van der Waals surface area contributed by atoms with Crippen LogP contribution in [0.5, 0.6) is 0 Å². The Bertz CT molecular complexity index is 1190. The minimum atomic E-state index is -3.75. The van der Waals surface area contributed by atoms with Crippen LogP contribution in [0.4, 0.5) is 0 Å². The van der Waals surface area contributed by atoms with Crippen LogP contribution in [0.2, 0.25) is 0 Å². The van der Waals surface area contributed by atoms with Gasteiger partial charge < -0.3 is 5.32 Å². The van der Waals surface area contributed by atoms with Gasteiger partial charge in [-0.1, -0.05) is 43.3 Å². The first-order chi connectivity index (χ1) is 15.2. The van der Waals surface area contributed by atoms with Gasteiger partial charge in [0.1, 0.15) is 0 Å². The maximum absolute atomic E-state index is 12.8. The number of nitrogens with one attached hydrogen (secondary N) is 2. The molecule has 0 aliphatic rings. The van der Waals surface area contributed by atoms with E-state index in [1.54, 1.807) is 13.0 Å². The first-order valence-electron chi connectivity index (χ1n) is 10.6.